The van der Waals surface area contributed by atoms with E-state index in [1.165, 1.54) is 6.07 Å². The summed E-state index contributed by atoms with van der Waals surface area (Å²) in [5.74, 6) is 0. The minimum atomic E-state index is -0.492. The maximum Gasteiger partial charge on any atom is 0.294 e. The smallest absolute Gasteiger partial charge is 0.294 e. The summed E-state index contributed by atoms with van der Waals surface area (Å²) in [5, 5.41) is 13.7. The standard InChI is InChI=1S/C10H16N4O2/c1-5-6(2)10(12)9(14(15)16)4-8(5)13-7(3)11/h4,7,13H,11-12H2,1-3H3. The van der Waals surface area contributed by atoms with Crippen molar-refractivity contribution in [3.05, 3.63) is 27.3 Å². The molecule has 0 saturated heterocycles. The third-order valence-corrected chi connectivity index (χ3v) is 2.51. The lowest BCUT2D eigenvalue weighted by Gasteiger charge is -2.15. The Kier molecular flexibility index (Phi) is 3.34. The maximum atomic E-state index is 10.8. The van der Waals surface area contributed by atoms with E-state index in [1.807, 2.05) is 6.92 Å². The molecule has 0 aromatic heterocycles. The molecule has 0 fully saturated rings. The van der Waals surface area contributed by atoms with Gasteiger partial charge in [0.2, 0.25) is 0 Å². The summed E-state index contributed by atoms with van der Waals surface area (Å²) in [6.45, 7) is 5.36. The molecule has 0 spiro atoms. The van der Waals surface area contributed by atoms with Crippen LogP contribution in [0.4, 0.5) is 17.1 Å². The van der Waals surface area contributed by atoms with Gasteiger partial charge in [-0.15, -0.1) is 0 Å². The van der Waals surface area contributed by atoms with Crippen LogP contribution in [0.3, 0.4) is 0 Å². The van der Waals surface area contributed by atoms with Gasteiger partial charge in [0.15, 0.2) is 0 Å². The van der Waals surface area contributed by atoms with Gasteiger partial charge in [0.25, 0.3) is 5.69 Å². The van der Waals surface area contributed by atoms with Crippen molar-refractivity contribution in [2.75, 3.05) is 11.1 Å². The molecule has 88 valence electrons. The number of nitro groups is 1. The summed E-state index contributed by atoms with van der Waals surface area (Å²) in [7, 11) is 0. The molecule has 0 amide bonds. The van der Waals surface area contributed by atoms with Gasteiger partial charge in [-0.05, 0) is 31.9 Å². The van der Waals surface area contributed by atoms with Crippen LogP contribution >= 0.6 is 0 Å². The average molecular weight is 224 g/mol. The highest BCUT2D eigenvalue weighted by Crippen LogP contribution is 2.33. The van der Waals surface area contributed by atoms with Crippen LogP contribution in [0.1, 0.15) is 18.1 Å². The summed E-state index contributed by atoms with van der Waals surface area (Å²) < 4.78 is 0. The van der Waals surface area contributed by atoms with Crippen molar-refractivity contribution >= 4 is 17.1 Å². The van der Waals surface area contributed by atoms with Crippen LogP contribution in [0.25, 0.3) is 0 Å². The van der Waals surface area contributed by atoms with Crippen molar-refractivity contribution in [2.45, 2.75) is 26.9 Å². The van der Waals surface area contributed by atoms with Gasteiger partial charge in [-0.3, -0.25) is 10.1 Å². The van der Waals surface area contributed by atoms with Crippen LogP contribution in [0.2, 0.25) is 0 Å². The van der Waals surface area contributed by atoms with E-state index < -0.39 is 4.92 Å². The van der Waals surface area contributed by atoms with Crippen LogP contribution in [0.15, 0.2) is 6.07 Å². The van der Waals surface area contributed by atoms with E-state index in [9.17, 15) is 10.1 Å². The molecule has 1 aromatic rings. The van der Waals surface area contributed by atoms with E-state index >= 15 is 0 Å². The maximum absolute atomic E-state index is 10.8. The summed E-state index contributed by atoms with van der Waals surface area (Å²) in [5.41, 5.74) is 13.6. The zero-order valence-corrected chi connectivity index (χ0v) is 9.57. The average Bonchev–Trinajstić information content (AvgIpc) is 2.18. The zero-order chi connectivity index (χ0) is 12.5. The molecule has 1 unspecified atom stereocenters. The molecule has 0 aliphatic heterocycles. The number of hydrogen-bond donors (Lipinski definition) is 3. The molecule has 0 saturated carbocycles. The fourth-order valence-electron chi connectivity index (χ4n) is 1.47. The highest BCUT2D eigenvalue weighted by Gasteiger charge is 2.18. The number of nitro benzene ring substituents is 1. The van der Waals surface area contributed by atoms with Crippen LogP contribution in [-0.2, 0) is 0 Å². The quantitative estimate of drug-likeness (QED) is 0.312. The minimum Gasteiger partial charge on any atom is -0.393 e. The summed E-state index contributed by atoms with van der Waals surface area (Å²) >= 11 is 0. The van der Waals surface area contributed by atoms with Crippen LogP contribution < -0.4 is 16.8 Å². The monoisotopic (exact) mass is 224 g/mol. The second-order valence-electron chi connectivity index (χ2n) is 3.80. The Morgan fingerprint density at radius 3 is 2.44 bits per heavy atom. The van der Waals surface area contributed by atoms with E-state index in [0.717, 1.165) is 5.56 Å². The first-order valence-corrected chi connectivity index (χ1v) is 4.90. The Morgan fingerprint density at radius 1 is 1.44 bits per heavy atom. The highest BCUT2D eigenvalue weighted by molar-refractivity contribution is 5.73. The Morgan fingerprint density at radius 2 is 2.00 bits per heavy atom. The number of nitrogen functional groups attached to an aromatic ring is 1. The van der Waals surface area contributed by atoms with Crippen LogP contribution in [-0.4, -0.2) is 11.1 Å². The molecule has 0 heterocycles. The van der Waals surface area contributed by atoms with Crippen molar-refractivity contribution in [2.24, 2.45) is 5.73 Å². The van der Waals surface area contributed by atoms with Crippen molar-refractivity contribution in [1.82, 2.24) is 0 Å². The van der Waals surface area contributed by atoms with Gasteiger partial charge in [0, 0.05) is 11.8 Å². The van der Waals surface area contributed by atoms with Crippen molar-refractivity contribution in [3.63, 3.8) is 0 Å². The topological polar surface area (TPSA) is 107 Å². The summed E-state index contributed by atoms with van der Waals surface area (Å²) in [6.07, 6.45) is -0.277. The normalized spacial score (nSPS) is 12.2. The van der Waals surface area contributed by atoms with Gasteiger partial charge < -0.3 is 16.8 Å². The molecular weight excluding hydrogens is 208 g/mol. The van der Waals surface area contributed by atoms with E-state index in [1.54, 1.807) is 13.8 Å². The second kappa shape index (κ2) is 4.36. The predicted molar refractivity (Wildman–Crippen MR) is 64.3 cm³/mol. The lowest BCUT2D eigenvalue weighted by molar-refractivity contribution is -0.383. The fourth-order valence-corrected chi connectivity index (χ4v) is 1.47. The first-order chi connectivity index (χ1) is 7.34. The van der Waals surface area contributed by atoms with Crippen molar-refractivity contribution in [3.8, 4) is 0 Å². The van der Waals surface area contributed by atoms with E-state index in [0.29, 0.717) is 11.3 Å². The Balaban J connectivity index is 3.35. The molecule has 0 aliphatic carbocycles. The number of anilines is 2. The number of nitrogens with two attached hydrogens (primary N) is 2. The summed E-state index contributed by atoms with van der Waals surface area (Å²) in [4.78, 5) is 10.3. The molecule has 0 aliphatic rings. The predicted octanol–water partition coefficient (Wildman–Crippen LogP) is 1.51. The van der Waals surface area contributed by atoms with Crippen molar-refractivity contribution in [1.29, 1.82) is 0 Å². The Hall–Kier alpha value is -1.82. The molecule has 16 heavy (non-hydrogen) atoms. The second-order valence-corrected chi connectivity index (χ2v) is 3.80. The number of hydrogen-bond acceptors (Lipinski definition) is 5. The zero-order valence-electron chi connectivity index (χ0n) is 9.57. The van der Waals surface area contributed by atoms with Gasteiger partial charge in [0.05, 0.1) is 11.1 Å². The van der Waals surface area contributed by atoms with Crippen molar-refractivity contribution < 1.29 is 4.92 Å². The molecule has 1 atom stereocenters. The third-order valence-electron chi connectivity index (χ3n) is 2.51. The Bertz CT molecular complexity index is 429. The number of nitrogens with zero attached hydrogens (tertiary/aromatic N) is 1. The van der Waals surface area contributed by atoms with Gasteiger partial charge in [-0.1, -0.05) is 0 Å². The lowest BCUT2D eigenvalue weighted by Crippen LogP contribution is -2.25. The van der Waals surface area contributed by atoms with Crippen LogP contribution in [0, 0.1) is 24.0 Å². The Labute approximate surface area is 93.8 Å². The molecule has 1 rings (SSSR count). The SMILES string of the molecule is Cc1c(NC(C)N)cc([N+](=O)[O-])c(N)c1C. The van der Waals surface area contributed by atoms with Gasteiger partial charge in [0.1, 0.15) is 5.69 Å². The van der Waals surface area contributed by atoms with E-state index in [4.69, 9.17) is 11.5 Å². The molecule has 6 heteroatoms. The molecule has 0 bridgehead atoms. The molecule has 0 radical (unpaired) electrons. The molecule has 1 aromatic carbocycles. The number of benzene rings is 1. The fraction of sp³-hybridized carbons (Fsp3) is 0.400. The highest BCUT2D eigenvalue weighted by atomic mass is 16.6. The number of rotatable bonds is 3. The summed E-state index contributed by atoms with van der Waals surface area (Å²) in [6, 6.07) is 1.42. The molecule has 5 N–H and O–H groups in total. The van der Waals surface area contributed by atoms with Crippen LogP contribution in [0.5, 0.6) is 0 Å². The third kappa shape index (κ3) is 2.22. The first-order valence-electron chi connectivity index (χ1n) is 4.90. The molecule has 6 nitrogen and oxygen atoms in total. The lowest BCUT2D eigenvalue weighted by atomic mass is 10.0. The van der Waals surface area contributed by atoms with E-state index in [2.05, 4.69) is 5.32 Å². The number of nitrogens with one attached hydrogen (secondary N) is 1. The van der Waals surface area contributed by atoms with E-state index in [-0.39, 0.29) is 17.5 Å². The van der Waals surface area contributed by atoms with Gasteiger partial charge >= 0.3 is 0 Å². The van der Waals surface area contributed by atoms with Gasteiger partial charge in [-0.25, -0.2) is 0 Å². The minimum absolute atomic E-state index is 0.0914. The van der Waals surface area contributed by atoms with Gasteiger partial charge in [-0.2, -0.15) is 0 Å². The largest absolute Gasteiger partial charge is 0.393 e. The first kappa shape index (κ1) is 12.3. The molecular formula is C10H16N4O2.